The van der Waals surface area contributed by atoms with Crippen LogP contribution < -0.4 is 10.0 Å². The van der Waals surface area contributed by atoms with Gasteiger partial charge in [0.1, 0.15) is 6.54 Å². The van der Waals surface area contributed by atoms with Crippen molar-refractivity contribution in [3.05, 3.63) is 65.9 Å². The third-order valence-electron chi connectivity index (χ3n) is 5.58. The molecule has 2 N–H and O–H groups in total. The maximum absolute atomic E-state index is 12.4. The Labute approximate surface area is 186 Å². The summed E-state index contributed by atoms with van der Waals surface area (Å²) in [6.45, 7) is 2.24. The van der Waals surface area contributed by atoms with Crippen LogP contribution in [0.2, 0.25) is 0 Å². The van der Waals surface area contributed by atoms with Gasteiger partial charge in [0.05, 0.1) is 11.5 Å². The zero-order valence-electron chi connectivity index (χ0n) is 17.7. The van der Waals surface area contributed by atoms with Gasteiger partial charge in [-0.15, -0.1) is 0 Å². The Morgan fingerprint density at radius 3 is 2.56 bits per heavy atom. The molecular weight excluding hydrogens is 430 g/mol. The van der Waals surface area contributed by atoms with Crippen molar-refractivity contribution in [3.8, 4) is 0 Å². The molecule has 0 radical (unpaired) electrons. The number of esters is 1. The number of sulfonamides is 1. The largest absolute Gasteiger partial charge is 0.465 e. The summed E-state index contributed by atoms with van der Waals surface area (Å²) in [5.41, 5.74) is 3.06. The van der Waals surface area contributed by atoms with Gasteiger partial charge in [0.25, 0.3) is 10.0 Å². The van der Waals surface area contributed by atoms with Gasteiger partial charge < -0.3 is 14.6 Å². The van der Waals surface area contributed by atoms with Crippen molar-refractivity contribution in [1.29, 1.82) is 0 Å². The molecule has 4 rings (SSSR count). The lowest BCUT2D eigenvalue weighted by molar-refractivity contribution is -0.143. The Kier molecular flexibility index (Phi) is 6.18. The van der Waals surface area contributed by atoms with Gasteiger partial charge in [-0.3, -0.25) is 4.79 Å². The zero-order chi connectivity index (χ0) is 22.7. The molecule has 2 aromatic carbocycles. The first-order valence-corrected chi connectivity index (χ1v) is 12.0. The maximum atomic E-state index is 12.4. The molecule has 1 aliphatic rings. The van der Waals surface area contributed by atoms with Crippen LogP contribution in [0, 0.1) is 0 Å². The number of fused-ring (bicyclic) bond motifs is 3. The number of rotatable bonds is 6. The van der Waals surface area contributed by atoms with Crippen LogP contribution in [-0.4, -0.2) is 37.6 Å². The van der Waals surface area contributed by atoms with E-state index >= 15 is 0 Å². The number of para-hydroxylation sites is 1. The fourth-order valence-corrected chi connectivity index (χ4v) is 5.17. The van der Waals surface area contributed by atoms with Gasteiger partial charge in [0.2, 0.25) is 0 Å². The lowest BCUT2D eigenvalue weighted by atomic mass is 9.91. The number of nitrogens with one attached hydrogen (secondary N) is 2. The quantitative estimate of drug-likeness (QED) is 0.556. The number of benzene rings is 2. The average Bonchev–Trinajstić information content (AvgIpc) is 3.07. The second kappa shape index (κ2) is 9.04. The number of hydrogen-bond acceptors (Lipinski definition) is 5. The van der Waals surface area contributed by atoms with Crippen molar-refractivity contribution in [3.63, 3.8) is 0 Å². The van der Waals surface area contributed by atoms with E-state index < -0.39 is 16.1 Å². The Balaban J connectivity index is 1.51. The Hall–Kier alpha value is -3.33. The number of ether oxygens (including phenoxy) is 1. The molecule has 0 spiro atoms. The van der Waals surface area contributed by atoms with Gasteiger partial charge in [-0.25, -0.2) is 17.9 Å². The number of nitrogens with zero attached hydrogens (tertiary/aromatic N) is 1. The summed E-state index contributed by atoms with van der Waals surface area (Å²) in [5, 5.41) is 3.81. The van der Waals surface area contributed by atoms with E-state index in [1.165, 1.54) is 12.1 Å². The fraction of sp³-hybridized carbons (Fsp3) is 0.304. The summed E-state index contributed by atoms with van der Waals surface area (Å²) in [4.78, 5) is 24.6. The van der Waals surface area contributed by atoms with E-state index in [-0.39, 0.29) is 23.5 Å². The normalized spacial score (nSPS) is 15.7. The molecule has 0 fully saturated rings. The molecule has 8 nitrogen and oxygen atoms in total. The number of carbonyl (C=O) groups excluding carboxylic acids is 2. The molecule has 1 aromatic heterocycles. The van der Waals surface area contributed by atoms with E-state index in [1.54, 1.807) is 25.1 Å². The molecule has 1 heterocycles. The van der Waals surface area contributed by atoms with E-state index in [1.807, 2.05) is 28.8 Å². The molecule has 3 aromatic rings. The smallest absolute Gasteiger partial charge is 0.328 e. The van der Waals surface area contributed by atoms with Crippen LogP contribution in [0.4, 0.5) is 4.79 Å². The van der Waals surface area contributed by atoms with Crippen molar-refractivity contribution in [1.82, 2.24) is 14.6 Å². The number of urea groups is 1. The number of hydrogen-bond donors (Lipinski definition) is 2. The number of amides is 2. The molecule has 1 aliphatic carbocycles. The van der Waals surface area contributed by atoms with Crippen molar-refractivity contribution in [2.75, 3.05) is 6.61 Å². The van der Waals surface area contributed by atoms with Gasteiger partial charge in [-0.05, 0) is 49.9 Å². The van der Waals surface area contributed by atoms with E-state index in [2.05, 4.69) is 10.0 Å². The maximum Gasteiger partial charge on any atom is 0.328 e. The Morgan fingerprint density at radius 1 is 1.09 bits per heavy atom. The first kappa shape index (κ1) is 21.9. The van der Waals surface area contributed by atoms with Gasteiger partial charge in [-0.2, -0.15) is 0 Å². The monoisotopic (exact) mass is 455 g/mol. The highest BCUT2D eigenvalue weighted by Crippen LogP contribution is 2.32. The van der Waals surface area contributed by atoms with Gasteiger partial charge in [0.15, 0.2) is 0 Å². The third kappa shape index (κ3) is 4.47. The minimum absolute atomic E-state index is 0.0307. The van der Waals surface area contributed by atoms with Crippen LogP contribution in [0.3, 0.4) is 0 Å². The van der Waals surface area contributed by atoms with Crippen LogP contribution >= 0.6 is 0 Å². The molecule has 0 bridgehead atoms. The molecule has 1 atom stereocenters. The summed E-state index contributed by atoms with van der Waals surface area (Å²) >= 11 is 0. The molecule has 0 saturated heterocycles. The molecule has 168 valence electrons. The first-order valence-electron chi connectivity index (χ1n) is 10.5. The molecule has 0 aliphatic heterocycles. The molecule has 32 heavy (non-hydrogen) atoms. The van der Waals surface area contributed by atoms with Crippen LogP contribution in [0.1, 0.15) is 24.6 Å². The molecule has 0 saturated carbocycles. The zero-order valence-corrected chi connectivity index (χ0v) is 18.5. The van der Waals surface area contributed by atoms with Crippen LogP contribution in [0.25, 0.3) is 10.9 Å². The van der Waals surface area contributed by atoms with Crippen molar-refractivity contribution in [2.24, 2.45) is 0 Å². The van der Waals surface area contributed by atoms with Gasteiger partial charge >= 0.3 is 12.0 Å². The van der Waals surface area contributed by atoms with E-state index in [0.29, 0.717) is 25.9 Å². The number of carbonyl (C=O) groups is 2. The summed E-state index contributed by atoms with van der Waals surface area (Å²) in [6.07, 6.45) is 1.83. The summed E-state index contributed by atoms with van der Waals surface area (Å²) in [5.74, 6) is -0.290. The van der Waals surface area contributed by atoms with Gasteiger partial charge in [-0.1, -0.05) is 36.4 Å². The van der Waals surface area contributed by atoms with E-state index in [0.717, 1.165) is 22.2 Å². The van der Waals surface area contributed by atoms with Crippen molar-refractivity contribution >= 4 is 32.9 Å². The van der Waals surface area contributed by atoms with Crippen LogP contribution in [0.15, 0.2) is 59.5 Å². The first-order chi connectivity index (χ1) is 15.4. The third-order valence-corrected chi connectivity index (χ3v) is 6.93. The topological polar surface area (TPSA) is 106 Å². The lowest BCUT2D eigenvalue weighted by Gasteiger charge is -2.25. The number of aromatic nitrogens is 1. The average molecular weight is 456 g/mol. The lowest BCUT2D eigenvalue weighted by Crippen LogP contribution is -2.46. The standard InChI is InChI=1S/C23H25N3O5S/c1-2-31-22(27)15-26-20-11-7-6-10-18(20)19-14-16(12-13-21(19)26)24-23(28)25-32(29,30)17-8-4-3-5-9-17/h3-11,16H,2,12-15H2,1H3,(H2,24,25,28)/t16-/m1/s1. The Morgan fingerprint density at radius 2 is 1.81 bits per heavy atom. The molecular formula is C23H25N3O5S. The van der Waals surface area contributed by atoms with Gasteiger partial charge in [0, 0.05) is 22.6 Å². The highest BCUT2D eigenvalue weighted by molar-refractivity contribution is 7.90. The highest BCUT2D eigenvalue weighted by atomic mass is 32.2. The predicted octanol–water partition coefficient (Wildman–Crippen LogP) is 2.75. The van der Waals surface area contributed by atoms with Crippen LogP contribution in [0.5, 0.6) is 0 Å². The second-order valence-corrected chi connectivity index (χ2v) is 9.35. The van der Waals surface area contributed by atoms with E-state index in [9.17, 15) is 18.0 Å². The fourth-order valence-electron chi connectivity index (χ4n) is 4.24. The summed E-state index contributed by atoms with van der Waals surface area (Å²) < 4.78 is 34.0. The molecule has 2 amide bonds. The molecule has 0 unspecified atom stereocenters. The minimum atomic E-state index is -3.94. The summed E-state index contributed by atoms with van der Waals surface area (Å²) in [6, 6.07) is 14.6. The molecule has 9 heteroatoms. The second-order valence-electron chi connectivity index (χ2n) is 7.67. The highest BCUT2D eigenvalue weighted by Gasteiger charge is 2.28. The van der Waals surface area contributed by atoms with Crippen molar-refractivity contribution < 1.29 is 22.7 Å². The van der Waals surface area contributed by atoms with Crippen LogP contribution in [-0.2, 0) is 38.9 Å². The summed E-state index contributed by atoms with van der Waals surface area (Å²) in [7, 11) is -3.94. The minimum Gasteiger partial charge on any atom is -0.465 e. The van der Waals surface area contributed by atoms with Crippen molar-refractivity contribution in [2.45, 2.75) is 43.7 Å². The SMILES string of the molecule is CCOC(=O)Cn1c2c(c3ccccc31)C[C@H](NC(=O)NS(=O)(=O)c1ccccc1)CC2. The predicted molar refractivity (Wildman–Crippen MR) is 120 cm³/mol. The Bertz CT molecular complexity index is 1250. The van der Waals surface area contributed by atoms with E-state index in [4.69, 9.17) is 4.74 Å².